The number of carbonyl (C=O) groups excluding carboxylic acids is 2. The highest BCUT2D eigenvalue weighted by atomic mass is 16.5. The van der Waals surface area contributed by atoms with Gasteiger partial charge in [-0.05, 0) is 33.1 Å². The van der Waals surface area contributed by atoms with Crippen LogP contribution >= 0.6 is 0 Å². The molecule has 1 unspecified atom stereocenters. The monoisotopic (exact) mass is 368 g/mol. The zero-order valence-corrected chi connectivity index (χ0v) is 14.4. The lowest BCUT2D eigenvalue weighted by Gasteiger charge is -2.19. The van der Waals surface area contributed by atoms with Gasteiger partial charge in [0, 0.05) is 0 Å². The Morgan fingerprint density at radius 1 is 0.960 bits per heavy atom. The van der Waals surface area contributed by atoms with Crippen LogP contribution < -0.4 is 0 Å². The largest absolute Gasteiger partial charge is 0.465 e. The second-order valence-electron chi connectivity index (χ2n) is 5.57. The van der Waals surface area contributed by atoms with Gasteiger partial charge in [0.25, 0.3) is 0 Å². The summed E-state index contributed by atoms with van der Waals surface area (Å²) >= 11 is 0. The summed E-state index contributed by atoms with van der Waals surface area (Å²) in [5.74, 6) is -0.245. The first-order chi connectivity index (χ1) is 9.76. The number of rotatable bonds is 8. The van der Waals surface area contributed by atoms with Crippen LogP contribution in [-0.4, -0.2) is 36.9 Å². The van der Waals surface area contributed by atoms with Crippen molar-refractivity contribution < 1.29 is 24.2 Å². The summed E-state index contributed by atoms with van der Waals surface area (Å²) in [4.78, 5) is 22.0. The molecule has 0 aliphatic carbocycles. The van der Waals surface area contributed by atoms with Crippen LogP contribution in [0, 0.1) is 11.3 Å². The van der Waals surface area contributed by atoms with Gasteiger partial charge in [-0.15, -0.1) is 0 Å². The lowest BCUT2D eigenvalue weighted by Crippen LogP contribution is -2.26. The van der Waals surface area contributed by atoms with Gasteiger partial charge in [-0.25, -0.2) is 0 Å². The number of aliphatic hydroxyl groups excluding tert-OH is 1. The number of carbonyl (C=O) groups is 2. The molecular formula is C20H48O5. The quantitative estimate of drug-likeness (QED) is 0.574. The summed E-state index contributed by atoms with van der Waals surface area (Å²) in [5.41, 5.74) is -0.421. The normalized spacial score (nSPS) is 10.0. The average molecular weight is 369 g/mol. The van der Waals surface area contributed by atoms with Crippen molar-refractivity contribution in [1.82, 2.24) is 0 Å². The number of ether oxygens (including phenoxy) is 2. The lowest BCUT2D eigenvalue weighted by atomic mass is 9.91. The predicted octanol–water partition coefficient (Wildman–Crippen LogP) is 5.49. The van der Waals surface area contributed by atoms with E-state index < -0.39 is 5.41 Å². The molecule has 0 aliphatic heterocycles. The molecule has 0 heterocycles. The van der Waals surface area contributed by atoms with Gasteiger partial charge in [-0.3, -0.25) is 9.59 Å². The van der Waals surface area contributed by atoms with Gasteiger partial charge >= 0.3 is 11.9 Å². The molecule has 5 heteroatoms. The Morgan fingerprint density at radius 2 is 1.44 bits per heavy atom. The van der Waals surface area contributed by atoms with E-state index in [9.17, 15) is 9.59 Å². The van der Waals surface area contributed by atoms with Gasteiger partial charge in [0.05, 0.1) is 24.5 Å². The molecule has 1 atom stereocenters. The fourth-order valence-corrected chi connectivity index (χ4v) is 0.990. The van der Waals surface area contributed by atoms with Gasteiger partial charge in [0.2, 0.25) is 0 Å². The molecule has 0 aromatic heterocycles. The van der Waals surface area contributed by atoms with Crippen LogP contribution in [0.3, 0.4) is 0 Å². The predicted molar refractivity (Wildman–Crippen MR) is 110 cm³/mol. The van der Waals surface area contributed by atoms with Crippen LogP contribution in [0.4, 0.5) is 0 Å². The van der Waals surface area contributed by atoms with Crippen LogP contribution in [-0.2, 0) is 19.1 Å². The summed E-state index contributed by atoms with van der Waals surface area (Å²) in [6.07, 6.45) is 2.52. The highest BCUT2D eigenvalue weighted by Gasteiger charge is 2.26. The zero-order chi connectivity index (χ0) is 16.9. The Labute approximate surface area is 158 Å². The summed E-state index contributed by atoms with van der Waals surface area (Å²) in [6.45, 7) is 12.0. The smallest absolute Gasteiger partial charge is 0.311 e. The van der Waals surface area contributed by atoms with Crippen molar-refractivity contribution in [3.05, 3.63) is 0 Å². The highest BCUT2D eigenvalue weighted by molar-refractivity contribution is 5.75. The number of hydrogen-bond acceptors (Lipinski definition) is 5. The molecule has 0 rings (SSSR count). The zero-order valence-electron chi connectivity index (χ0n) is 14.4. The first kappa shape index (κ1) is 39.1. The molecule has 0 radical (unpaired) electrons. The van der Waals surface area contributed by atoms with E-state index >= 15 is 0 Å². The van der Waals surface area contributed by atoms with E-state index in [-0.39, 0.29) is 60.8 Å². The number of hydrogen-bond donors (Lipinski definition) is 1. The second-order valence-corrected chi connectivity index (χ2v) is 5.57. The van der Waals surface area contributed by atoms with Crippen LogP contribution in [0.5, 0.6) is 0 Å². The summed E-state index contributed by atoms with van der Waals surface area (Å²) in [5, 5.41) is 8.38. The first-order valence-corrected chi connectivity index (χ1v) is 7.71. The van der Waals surface area contributed by atoms with Crippen molar-refractivity contribution in [1.29, 1.82) is 0 Å². The summed E-state index contributed by atoms with van der Waals surface area (Å²) in [7, 11) is 0. The van der Waals surface area contributed by atoms with Gasteiger partial charge < -0.3 is 14.6 Å². The van der Waals surface area contributed by atoms with Gasteiger partial charge in [0.1, 0.15) is 6.61 Å². The van der Waals surface area contributed by atoms with Crippen molar-refractivity contribution >= 4 is 11.9 Å². The van der Waals surface area contributed by atoms with Gasteiger partial charge in [-0.2, -0.15) is 0 Å². The minimum atomic E-state index is -0.421. The molecule has 5 nitrogen and oxygen atoms in total. The van der Waals surface area contributed by atoms with Crippen LogP contribution in [0.15, 0.2) is 0 Å². The second kappa shape index (κ2) is 22.9. The molecule has 0 aromatic carbocycles. The molecule has 0 spiro atoms. The van der Waals surface area contributed by atoms with E-state index in [2.05, 4.69) is 0 Å². The molecule has 0 fully saturated rings. The van der Waals surface area contributed by atoms with Crippen LogP contribution in [0.25, 0.3) is 0 Å². The standard InChI is InChI=1S/C8H16O3.C8H16O2.4CH4/c1-4-8(2,3)7(10)11-6-5-9;1-4-6-10-8(9)7(3)5-2;;;;/h9H,4-6H2,1-3H3;7H,4-6H2,1-3H3;4*1H4. The van der Waals surface area contributed by atoms with Crippen LogP contribution in [0.1, 0.15) is 90.5 Å². The summed E-state index contributed by atoms with van der Waals surface area (Å²) < 4.78 is 9.66. The van der Waals surface area contributed by atoms with E-state index in [0.29, 0.717) is 6.61 Å². The van der Waals surface area contributed by atoms with E-state index in [1.54, 1.807) is 0 Å². The Hall–Kier alpha value is -1.10. The number of aliphatic hydroxyl groups is 1. The Morgan fingerprint density at radius 3 is 1.76 bits per heavy atom. The Bertz CT molecular complexity index is 288. The van der Waals surface area contributed by atoms with Gasteiger partial charge in [0.15, 0.2) is 0 Å². The maximum Gasteiger partial charge on any atom is 0.311 e. The minimum Gasteiger partial charge on any atom is -0.465 e. The third-order valence-corrected chi connectivity index (χ3v) is 3.22. The molecule has 0 aliphatic rings. The maximum absolute atomic E-state index is 11.1. The van der Waals surface area contributed by atoms with E-state index in [0.717, 1.165) is 19.3 Å². The fourth-order valence-electron chi connectivity index (χ4n) is 0.990. The van der Waals surface area contributed by atoms with Crippen molar-refractivity contribution in [2.45, 2.75) is 90.5 Å². The van der Waals surface area contributed by atoms with Gasteiger partial charge in [-0.1, -0.05) is 57.4 Å². The van der Waals surface area contributed by atoms with Crippen molar-refractivity contribution in [2.24, 2.45) is 11.3 Å². The van der Waals surface area contributed by atoms with E-state index in [4.69, 9.17) is 14.6 Å². The van der Waals surface area contributed by atoms with Crippen molar-refractivity contribution in [3.8, 4) is 0 Å². The molecule has 0 saturated carbocycles. The molecular weight excluding hydrogens is 320 g/mol. The number of esters is 2. The molecule has 25 heavy (non-hydrogen) atoms. The average Bonchev–Trinajstić information content (AvgIpc) is 2.49. The summed E-state index contributed by atoms with van der Waals surface area (Å²) in [6, 6.07) is 0. The maximum atomic E-state index is 11.1. The minimum absolute atomic E-state index is 0. The molecule has 0 aromatic rings. The molecule has 0 amide bonds. The fraction of sp³-hybridized carbons (Fsp3) is 0.900. The molecule has 0 bridgehead atoms. The Balaban J connectivity index is -0.0000000624. The molecule has 158 valence electrons. The lowest BCUT2D eigenvalue weighted by molar-refractivity contribution is -0.155. The third kappa shape index (κ3) is 20.9. The highest BCUT2D eigenvalue weighted by Crippen LogP contribution is 2.21. The van der Waals surface area contributed by atoms with E-state index in [1.165, 1.54) is 0 Å². The van der Waals surface area contributed by atoms with Crippen LogP contribution in [0.2, 0.25) is 0 Å². The third-order valence-electron chi connectivity index (χ3n) is 3.22. The molecule has 1 N–H and O–H groups in total. The Kier molecular flexibility index (Phi) is 35.8. The topological polar surface area (TPSA) is 72.8 Å². The van der Waals surface area contributed by atoms with Crippen molar-refractivity contribution in [3.63, 3.8) is 0 Å². The molecule has 0 saturated heterocycles. The first-order valence-electron chi connectivity index (χ1n) is 7.71. The van der Waals surface area contributed by atoms with Crippen molar-refractivity contribution in [2.75, 3.05) is 19.8 Å². The van der Waals surface area contributed by atoms with E-state index in [1.807, 2.05) is 41.5 Å². The SMILES string of the molecule is C.C.C.C.CCC(C)(C)C(=O)OCCO.CCCOC(=O)C(C)CC.